The van der Waals surface area contributed by atoms with Crippen molar-refractivity contribution in [1.82, 2.24) is 20.4 Å². The molecule has 0 aliphatic rings. The van der Waals surface area contributed by atoms with E-state index in [0.717, 1.165) is 25.2 Å². The number of nitrogens with one attached hydrogen (secondary N) is 1. The number of hydrogen-bond acceptors (Lipinski definition) is 5. The second-order valence-corrected chi connectivity index (χ2v) is 7.03. The first kappa shape index (κ1) is 21.6. The van der Waals surface area contributed by atoms with E-state index in [1.54, 1.807) is 12.1 Å². The van der Waals surface area contributed by atoms with Crippen LogP contribution in [-0.4, -0.2) is 34.0 Å². The Morgan fingerprint density at radius 3 is 2.47 bits per heavy atom. The number of halogens is 1. The van der Waals surface area contributed by atoms with Gasteiger partial charge in [0.25, 0.3) is 0 Å². The summed E-state index contributed by atoms with van der Waals surface area (Å²) in [7, 11) is 0. The molecule has 0 fully saturated rings. The number of carbonyl (C=O) groups excluding carboxylic acids is 1. The summed E-state index contributed by atoms with van der Waals surface area (Å²) in [6.07, 6.45) is 0.602. The standard InChI is InChI=1S/C23H27FN4O2/c1-3-28(4-2)16-19-8-6-5-7-18(19)15-25-21(29)13-14-22-26-23(27-30-22)17-9-11-20(24)12-10-17/h5-12H,3-4,13-16H2,1-2H3,(H,25,29). The van der Waals surface area contributed by atoms with E-state index in [4.69, 9.17) is 4.52 Å². The fourth-order valence-electron chi connectivity index (χ4n) is 3.15. The van der Waals surface area contributed by atoms with E-state index in [1.807, 2.05) is 18.2 Å². The van der Waals surface area contributed by atoms with Gasteiger partial charge in [-0.15, -0.1) is 0 Å². The maximum Gasteiger partial charge on any atom is 0.227 e. The van der Waals surface area contributed by atoms with E-state index >= 15 is 0 Å². The zero-order valence-corrected chi connectivity index (χ0v) is 17.4. The molecule has 30 heavy (non-hydrogen) atoms. The van der Waals surface area contributed by atoms with E-state index in [9.17, 15) is 9.18 Å². The molecule has 6 nitrogen and oxygen atoms in total. The van der Waals surface area contributed by atoms with Crippen LogP contribution in [0, 0.1) is 5.82 Å². The Morgan fingerprint density at radius 1 is 1.07 bits per heavy atom. The second kappa shape index (κ2) is 10.6. The molecule has 0 saturated heterocycles. The molecular formula is C23H27FN4O2. The maximum atomic E-state index is 13.0. The van der Waals surface area contributed by atoms with Gasteiger partial charge in [-0.05, 0) is 48.5 Å². The van der Waals surface area contributed by atoms with Crippen LogP contribution in [0.1, 0.15) is 37.3 Å². The summed E-state index contributed by atoms with van der Waals surface area (Å²) in [5.41, 5.74) is 3.01. The summed E-state index contributed by atoms with van der Waals surface area (Å²) in [5.74, 6) is 0.370. The van der Waals surface area contributed by atoms with E-state index in [-0.39, 0.29) is 18.1 Å². The summed E-state index contributed by atoms with van der Waals surface area (Å²) in [4.78, 5) is 18.9. The molecule has 0 bridgehead atoms. The van der Waals surface area contributed by atoms with Gasteiger partial charge in [0.15, 0.2) is 0 Å². The number of carbonyl (C=O) groups is 1. The van der Waals surface area contributed by atoms with Crippen molar-refractivity contribution in [3.05, 3.63) is 71.4 Å². The molecule has 0 aliphatic heterocycles. The van der Waals surface area contributed by atoms with Gasteiger partial charge < -0.3 is 9.84 Å². The quantitative estimate of drug-likeness (QED) is 0.548. The van der Waals surface area contributed by atoms with Gasteiger partial charge in [-0.3, -0.25) is 9.69 Å². The Kier molecular flexibility index (Phi) is 7.68. The summed E-state index contributed by atoms with van der Waals surface area (Å²) in [6.45, 7) is 7.62. The van der Waals surface area contributed by atoms with Gasteiger partial charge in [-0.25, -0.2) is 4.39 Å². The third kappa shape index (κ3) is 5.97. The number of hydrogen-bond donors (Lipinski definition) is 1. The molecule has 0 aliphatic carbocycles. The fourth-order valence-corrected chi connectivity index (χ4v) is 3.15. The minimum atomic E-state index is -0.321. The van der Waals surface area contributed by atoms with Crippen LogP contribution in [0.3, 0.4) is 0 Å². The highest BCUT2D eigenvalue weighted by atomic mass is 19.1. The lowest BCUT2D eigenvalue weighted by atomic mass is 10.1. The molecular weight excluding hydrogens is 383 g/mol. The third-order valence-electron chi connectivity index (χ3n) is 5.02. The van der Waals surface area contributed by atoms with Crippen molar-refractivity contribution in [1.29, 1.82) is 0 Å². The summed E-state index contributed by atoms with van der Waals surface area (Å²) in [6, 6.07) is 14.0. The molecule has 0 radical (unpaired) electrons. The van der Waals surface area contributed by atoms with E-state index in [1.165, 1.54) is 17.7 Å². The first-order chi connectivity index (χ1) is 14.6. The van der Waals surface area contributed by atoms with Crippen LogP contribution in [0.5, 0.6) is 0 Å². The van der Waals surface area contributed by atoms with Gasteiger partial charge in [0, 0.05) is 31.5 Å². The van der Waals surface area contributed by atoms with Crippen molar-refractivity contribution in [2.24, 2.45) is 0 Å². The summed E-state index contributed by atoms with van der Waals surface area (Å²) in [5, 5.41) is 6.87. The molecule has 0 spiro atoms. The van der Waals surface area contributed by atoms with Gasteiger partial charge in [0.1, 0.15) is 5.82 Å². The third-order valence-corrected chi connectivity index (χ3v) is 5.02. The van der Waals surface area contributed by atoms with E-state index in [2.05, 4.69) is 40.3 Å². The van der Waals surface area contributed by atoms with Crippen molar-refractivity contribution < 1.29 is 13.7 Å². The predicted octanol–water partition coefficient (Wildman–Crippen LogP) is 3.97. The Morgan fingerprint density at radius 2 is 1.77 bits per heavy atom. The molecule has 2 aromatic carbocycles. The largest absolute Gasteiger partial charge is 0.352 e. The van der Waals surface area contributed by atoms with Crippen LogP contribution in [0.4, 0.5) is 4.39 Å². The Balaban J connectivity index is 1.51. The van der Waals surface area contributed by atoms with E-state index in [0.29, 0.717) is 30.2 Å². The SMILES string of the molecule is CCN(CC)Cc1ccccc1CNC(=O)CCc1nc(-c2ccc(F)cc2)no1. The smallest absolute Gasteiger partial charge is 0.227 e. The average Bonchev–Trinajstić information content (AvgIpc) is 3.24. The fraction of sp³-hybridized carbons (Fsp3) is 0.348. The molecule has 1 amide bonds. The number of aryl methyl sites for hydroxylation is 1. The Bertz CT molecular complexity index is 952. The zero-order chi connectivity index (χ0) is 21.3. The first-order valence-corrected chi connectivity index (χ1v) is 10.2. The Labute approximate surface area is 176 Å². The number of amides is 1. The van der Waals surface area contributed by atoms with Crippen LogP contribution < -0.4 is 5.32 Å². The average molecular weight is 410 g/mol. The molecule has 0 atom stereocenters. The lowest BCUT2D eigenvalue weighted by Crippen LogP contribution is -2.26. The number of aromatic nitrogens is 2. The van der Waals surface area contributed by atoms with Crippen LogP contribution in [0.2, 0.25) is 0 Å². The van der Waals surface area contributed by atoms with Crippen molar-refractivity contribution >= 4 is 5.91 Å². The summed E-state index contributed by atoms with van der Waals surface area (Å²) >= 11 is 0. The van der Waals surface area contributed by atoms with Crippen molar-refractivity contribution in [3.8, 4) is 11.4 Å². The number of benzene rings is 2. The lowest BCUT2D eigenvalue weighted by molar-refractivity contribution is -0.121. The van der Waals surface area contributed by atoms with Gasteiger partial charge >= 0.3 is 0 Å². The van der Waals surface area contributed by atoms with Gasteiger partial charge in [0.05, 0.1) is 0 Å². The number of nitrogens with zero attached hydrogens (tertiary/aromatic N) is 3. The minimum absolute atomic E-state index is 0.0748. The molecule has 0 unspecified atom stereocenters. The molecule has 1 N–H and O–H groups in total. The maximum absolute atomic E-state index is 13.0. The molecule has 7 heteroatoms. The van der Waals surface area contributed by atoms with Crippen LogP contribution >= 0.6 is 0 Å². The van der Waals surface area contributed by atoms with Crippen LogP contribution in [0.25, 0.3) is 11.4 Å². The molecule has 1 heterocycles. The topological polar surface area (TPSA) is 71.3 Å². The molecule has 0 saturated carbocycles. The van der Waals surface area contributed by atoms with Crippen molar-refractivity contribution in [2.45, 2.75) is 39.8 Å². The Hall–Kier alpha value is -3.06. The van der Waals surface area contributed by atoms with Gasteiger partial charge in [0.2, 0.25) is 17.6 Å². The highest BCUT2D eigenvalue weighted by Crippen LogP contribution is 2.17. The lowest BCUT2D eigenvalue weighted by Gasteiger charge is -2.20. The van der Waals surface area contributed by atoms with Crippen LogP contribution in [0.15, 0.2) is 53.1 Å². The van der Waals surface area contributed by atoms with Gasteiger partial charge in [-0.2, -0.15) is 4.98 Å². The summed E-state index contributed by atoms with van der Waals surface area (Å²) < 4.78 is 18.2. The predicted molar refractivity (Wildman–Crippen MR) is 113 cm³/mol. The normalized spacial score (nSPS) is 11.1. The van der Waals surface area contributed by atoms with E-state index < -0.39 is 0 Å². The number of rotatable bonds is 10. The molecule has 3 aromatic rings. The first-order valence-electron chi connectivity index (χ1n) is 10.2. The molecule has 1 aromatic heterocycles. The van der Waals surface area contributed by atoms with Crippen LogP contribution in [-0.2, 0) is 24.3 Å². The highest BCUT2D eigenvalue weighted by Gasteiger charge is 2.12. The molecule has 3 rings (SSSR count). The minimum Gasteiger partial charge on any atom is -0.352 e. The second-order valence-electron chi connectivity index (χ2n) is 7.03. The van der Waals surface area contributed by atoms with Gasteiger partial charge in [-0.1, -0.05) is 43.3 Å². The van der Waals surface area contributed by atoms with Crippen molar-refractivity contribution in [3.63, 3.8) is 0 Å². The highest BCUT2D eigenvalue weighted by molar-refractivity contribution is 5.76. The molecule has 158 valence electrons. The monoisotopic (exact) mass is 410 g/mol. The van der Waals surface area contributed by atoms with Crippen molar-refractivity contribution in [2.75, 3.05) is 13.1 Å². The zero-order valence-electron chi connectivity index (χ0n) is 17.4.